The van der Waals surface area contributed by atoms with E-state index >= 15 is 0 Å². The summed E-state index contributed by atoms with van der Waals surface area (Å²) >= 11 is 5.81. The van der Waals surface area contributed by atoms with Crippen LogP contribution in [-0.4, -0.2) is 28.0 Å². The first kappa shape index (κ1) is 15.0. The molecule has 0 spiro atoms. The van der Waals surface area contributed by atoms with E-state index in [9.17, 15) is 0 Å². The Morgan fingerprint density at radius 2 is 2.00 bits per heavy atom. The number of halogens is 1. The molecule has 0 aliphatic rings. The maximum Gasteiger partial charge on any atom is 0.218 e. The molecule has 0 saturated heterocycles. The van der Waals surface area contributed by atoms with E-state index in [1.165, 1.54) is 6.33 Å². The Bertz CT molecular complexity index is 358. The Labute approximate surface area is 114 Å². The summed E-state index contributed by atoms with van der Waals surface area (Å²) in [6, 6.07) is 2.13. The number of nitrogens with one attached hydrogen (secondary N) is 1. The highest BCUT2D eigenvalue weighted by molar-refractivity contribution is 6.17. The molecule has 1 unspecified atom stereocenters. The fourth-order valence-electron chi connectivity index (χ4n) is 1.60. The van der Waals surface area contributed by atoms with Crippen molar-refractivity contribution in [3.63, 3.8) is 0 Å². The lowest BCUT2D eigenvalue weighted by Gasteiger charge is -2.22. The highest BCUT2D eigenvalue weighted by Crippen LogP contribution is 2.17. The molecular weight excluding hydrogens is 250 g/mol. The van der Waals surface area contributed by atoms with Gasteiger partial charge < -0.3 is 10.1 Å². The zero-order valence-electron chi connectivity index (χ0n) is 11.5. The van der Waals surface area contributed by atoms with Crippen LogP contribution in [0, 0.1) is 5.92 Å². The summed E-state index contributed by atoms with van der Waals surface area (Å²) in [6.07, 6.45) is 2.53. The first-order valence-corrected chi connectivity index (χ1v) is 6.87. The predicted octanol–water partition coefficient (Wildman–Crippen LogP) is 3.33. The molecule has 4 nitrogen and oxygen atoms in total. The fraction of sp³-hybridized carbons (Fsp3) is 0.692. The van der Waals surface area contributed by atoms with E-state index in [1.54, 1.807) is 0 Å². The van der Waals surface area contributed by atoms with Crippen molar-refractivity contribution in [1.29, 1.82) is 0 Å². The quantitative estimate of drug-likeness (QED) is 0.773. The first-order valence-electron chi connectivity index (χ1n) is 6.34. The summed E-state index contributed by atoms with van der Waals surface area (Å²) in [5.41, 5.74) is 0. The van der Waals surface area contributed by atoms with Gasteiger partial charge in [-0.1, -0.05) is 13.8 Å². The van der Waals surface area contributed by atoms with Crippen molar-refractivity contribution in [2.75, 3.05) is 11.2 Å². The zero-order chi connectivity index (χ0) is 13.5. The molecule has 1 aromatic heterocycles. The lowest BCUT2D eigenvalue weighted by atomic mass is 10.0. The summed E-state index contributed by atoms with van der Waals surface area (Å²) in [7, 11) is 0. The van der Waals surface area contributed by atoms with Gasteiger partial charge in [0.15, 0.2) is 0 Å². The third-order valence-corrected chi connectivity index (χ3v) is 2.77. The van der Waals surface area contributed by atoms with E-state index in [0.29, 0.717) is 23.7 Å². The molecule has 1 rings (SSSR count). The fourth-order valence-corrected chi connectivity index (χ4v) is 1.84. The topological polar surface area (TPSA) is 47.0 Å². The number of hydrogen-bond acceptors (Lipinski definition) is 4. The lowest BCUT2D eigenvalue weighted by molar-refractivity contribution is 0.232. The van der Waals surface area contributed by atoms with Crippen molar-refractivity contribution >= 4 is 17.4 Å². The van der Waals surface area contributed by atoms with Crippen LogP contribution in [-0.2, 0) is 0 Å². The summed E-state index contributed by atoms with van der Waals surface area (Å²) in [5.74, 6) is 2.50. The molecule has 0 fully saturated rings. The normalized spacial score (nSPS) is 12.8. The van der Waals surface area contributed by atoms with Crippen molar-refractivity contribution in [2.24, 2.45) is 5.92 Å². The van der Waals surface area contributed by atoms with Gasteiger partial charge in [-0.2, -0.15) is 0 Å². The van der Waals surface area contributed by atoms with Gasteiger partial charge in [0.05, 0.1) is 6.10 Å². The minimum atomic E-state index is 0.108. The molecule has 0 saturated carbocycles. The van der Waals surface area contributed by atoms with E-state index in [0.717, 1.165) is 12.2 Å². The van der Waals surface area contributed by atoms with E-state index in [2.05, 4.69) is 29.1 Å². The van der Waals surface area contributed by atoms with E-state index < -0.39 is 0 Å². The average molecular weight is 272 g/mol. The molecule has 0 aliphatic heterocycles. The van der Waals surface area contributed by atoms with E-state index in [4.69, 9.17) is 16.3 Å². The smallest absolute Gasteiger partial charge is 0.218 e. The number of rotatable bonds is 7. The number of aromatic nitrogens is 2. The van der Waals surface area contributed by atoms with Crippen LogP contribution in [0.1, 0.15) is 34.1 Å². The standard InChI is InChI=1S/C13H22ClN3O/c1-9(2)11(5-6-14)17-12-7-13(16-8-15-12)18-10(3)4/h7-11H,5-6H2,1-4H3,(H,15,16,17). The van der Waals surface area contributed by atoms with Crippen LogP contribution in [0.25, 0.3) is 0 Å². The van der Waals surface area contributed by atoms with Gasteiger partial charge in [-0.25, -0.2) is 9.97 Å². The molecule has 0 aliphatic carbocycles. The number of alkyl halides is 1. The Kier molecular flexibility index (Phi) is 6.19. The second-order valence-electron chi connectivity index (χ2n) is 4.88. The molecule has 0 amide bonds. The molecule has 1 N–H and O–H groups in total. The molecule has 5 heteroatoms. The first-order chi connectivity index (χ1) is 8.52. The van der Waals surface area contributed by atoms with Crippen molar-refractivity contribution in [3.8, 4) is 5.88 Å². The largest absolute Gasteiger partial charge is 0.475 e. The van der Waals surface area contributed by atoms with Crippen LogP contribution in [0.15, 0.2) is 12.4 Å². The summed E-state index contributed by atoms with van der Waals surface area (Å²) in [5, 5.41) is 3.38. The number of anilines is 1. The highest BCUT2D eigenvalue weighted by Gasteiger charge is 2.13. The maximum atomic E-state index is 5.81. The van der Waals surface area contributed by atoms with Gasteiger partial charge in [-0.15, -0.1) is 11.6 Å². The van der Waals surface area contributed by atoms with Gasteiger partial charge in [-0.3, -0.25) is 0 Å². The van der Waals surface area contributed by atoms with Crippen molar-refractivity contribution in [3.05, 3.63) is 12.4 Å². The van der Waals surface area contributed by atoms with Crippen LogP contribution in [0.3, 0.4) is 0 Å². The minimum absolute atomic E-state index is 0.108. The molecule has 0 aromatic carbocycles. The van der Waals surface area contributed by atoms with Gasteiger partial charge in [0.25, 0.3) is 0 Å². The maximum absolute atomic E-state index is 5.81. The Hall–Kier alpha value is -1.03. The molecule has 18 heavy (non-hydrogen) atoms. The van der Waals surface area contributed by atoms with Gasteiger partial charge in [0.1, 0.15) is 12.1 Å². The van der Waals surface area contributed by atoms with Crippen molar-refractivity contribution in [2.45, 2.75) is 46.3 Å². The van der Waals surface area contributed by atoms with Gasteiger partial charge in [0, 0.05) is 18.0 Å². The van der Waals surface area contributed by atoms with E-state index in [-0.39, 0.29) is 6.10 Å². The van der Waals surface area contributed by atoms with Crippen LogP contribution in [0.4, 0.5) is 5.82 Å². The van der Waals surface area contributed by atoms with Crippen molar-refractivity contribution < 1.29 is 4.74 Å². The Morgan fingerprint density at radius 1 is 1.28 bits per heavy atom. The third kappa shape index (κ3) is 5.08. The molecule has 0 bridgehead atoms. The van der Waals surface area contributed by atoms with Gasteiger partial charge >= 0.3 is 0 Å². The monoisotopic (exact) mass is 271 g/mol. The lowest BCUT2D eigenvalue weighted by Crippen LogP contribution is -2.26. The van der Waals surface area contributed by atoms with Crippen LogP contribution in [0.2, 0.25) is 0 Å². The number of ether oxygens (including phenoxy) is 1. The Morgan fingerprint density at radius 3 is 2.56 bits per heavy atom. The van der Waals surface area contributed by atoms with Crippen molar-refractivity contribution in [1.82, 2.24) is 9.97 Å². The number of hydrogen-bond donors (Lipinski definition) is 1. The summed E-state index contributed by atoms with van der Waals surface area (Å²) in [4.78, 5) is 8.28. The molecule has 1 atom stereocenters. The second-order valence-corrected chi connectivity index (χ2v) is 5.26. The van der Waals surface area contributed by atoms with Crippen LogP contribution >= 0.6 is 11.6 Å². The van der Waals surface area contributed by atoms with Crippen LogP contribution in [0.5, 0.6) is 5.88 Å². The number of nitrogens with zero attached hydrogens (tertiary/aromatic N) is 2. The Balaban J connectivity index is 2.70. The molecule has 1 heterocycles. The van der Waals surface area contributed by atoms with Crippen LogP contribution < -0.4 is 10.1 Å². The average Bonchev–Trinajstić information content (AvgIpc) is 2.28. The third-order valence-electron chi connectivity index (χ3n) is 2.56. The summed E-state index contributed by atoms with van der Waals surface area (Å²) in [6.45, 7) is 8.27. The SMILES string of the molecule is CC(C)Oc1cc(NC(CCCl)C(C)C)ncn1. The molecular formula is C13H22ClN3O. The minimum Gasteiger partial charge on any atom is -0.475 e. The highest BCUT2D eigenvalue weighted by atomic mass is 35.5. The summed E-state index contributed by atoms with van der Waals surface area (Å²) < 4.78 is 5.54. The molecule has 1 aromatic rings. The predicted molar refractivity (Wildman–Crippen MR) is 75.4 cm³/mol. The molecule has 102 valence electrons. The van der Waals surface area contributed by atoms with E-state index in [1.807, 2.05) is 19.9 Å². The zero-order valence-corrected chi connectivity index (χ0v) is 12.2. The second kappa shape index (κ2) is 7.41. The van der Waals surface area contributed by atoms with Gasteiger partial charge in [0.2, 0.25) is 5.88 Å². The van der Waals surface area contributed by atoms with Gasteiger partial charge in [-0.05, 0) is 26.2 Å². The molecule has 0 radical (unpaired) electrons.